The molecular formula is C18H22N6O4. The van der Waals surface area contributed by atoms with Crippen molar-refractivity contribution >= 4 is 28.8 Å². The summed E-state index contributed by atoms with van der Waals surface area (Å²) >= 11 is 0. The van der Waals surface area contributed by atoms with Crippen LogP contribution in [-0.4, -0.2) is 49.7 Å². The number of benzene rings is 1. The molecule has 3 rings (SSSR count). The SMILES string of the molecule is CC(C)n1ccnc1C(=O)Nc1nc2c(OCCCO)cc(C(N)=O)cc2[nH]1. The monoisotopic (exact) mass is 386 g/mol. The van der Waals surface area contributed by atoms with E-state index in [4.69, 9.17) is 15.6 Å². The number of nitrogens with two attached hydrogens (primary N) is 1. The molecule has 5 N–H and O–H groups in total. The highest BCUT2D eigenvalue weighted by Gasteiger charge is 2.18. The number of fused-ring (bicyclic) bond motifs is 1. The number of aromatic nitrogens is 4. The van der Waals surface area contributed by atoms with Gasteiger partial charge in [0.1, 0.15) is 11.3 Å². The molecule has 10 heteroatoms. The highest BCUT2D eigenvalue weighted by Crippen LogP contribution is 2.27. The van der Waals surface area contributed by atoms with E-state index in [1.807, 2.05) is 13.8 Å². The summed E-state index contributed by atoms with van der Waals surface area (Å²) in [6, 6.07) is 3.09. The average molecular weight is 386 g/mol. The summed E-state index contributed by atoms with van der Waals surface area (Å²) in [4.78, 5) is 35.5. The van der Waals surface area contributed by atoms with Crippen molar-refractivity contribution in [2.24, 2.45) is 5.73 Å². The van der Waals surface area contributed by atoms with Crippen LogP contribution in [0.2, 0.25) is 0 Å². The fourth-order valence-electron chi connectivity index (χ4n) is 2.71. The van der Waals surface area contributed by atoms with E-state index in [0.717, 1.165) is 0 Å². The zero-order valence-corrected chi connectivity index (χ0v) is 15.6. The van der Waals surface area contributed by atoms with Crippen LogP contribution in [0, 0.1) is 0 Å². The van der Waals surface area contributed by atoms with Crippen LogP contribution in [0.3, 0.4) is 0 Å². The van der Waals surface area contributed by atoms with Crippen LogP contribution in [0.5, 0.6) is 5.75 Å². The van der Waals surface area contributed by atoms with Gasteiger partial charge in [0.05, 0.1) is 12.1 Å². The summed E-state index contributed by atoms with van der Waals surface area (Å²) in [5.74, 6) is -0.261. The number of imidazole rings is 2. The molecule has 0 bridgehead atoms. The van der Waals surface area contributed by atoms with Gasteiger partial charge in [0.25, 0.3) is 5.91 Å². The molecule has 0 aliphatic rings. The number of nitrogens with one attached hydrogen (secondary N) is 2. The van der Waals surface area contributed by atoms with Crippen molar-refractivity contribution in [3.63, 3.8) is 0 Å². The topological polar surface area (TPSA) is 148 Å². The Balaban J connectivity index is 1.92. The third-order valence-electron chi connectivity index (χ3n) is 4.06. The third-order valence-corrected chi connectivity index (χ3v) is 4.06. The quantitative estimate of drug-likeness (QED) is 0.431. The lowest BCUT2D eigenvalue weighted by Gasteiger charge is -2.10. The van der Waals surface area contributed by atoms with E-state index in [2.05, 4.69) is 20.3 Å². The van der Waals surface area contributed by atoms with Gasteiger partial charge in [-0.15, -0.1) is 0 Å². The molecule has 0 saturated carbocycles. The molecule has 1 aromatic carbocycles. The smallest absolute Gasteiger partial charge is 0.293 e. The molecule has 0 radical (unpaired) electrons. The molecule has 0 saturated heterocycles. The molecular weight excluding hydrogens is 364 g/mol. The zero-order valence-electron chi connectivity index (χ0n) is 15.6. The number of rotatable bonds is 8. The number of aliphatic hydroxyl groups excluding tert-OH is 1. The highest BCUT2D eigenvalue weighted by molar-refractivity contribution is 6.02. The maximum atomic E-state index is 12.6. The lowest BCUT2D eigenvalue weighted by Crippen LogP contribution is -2.19. The molecule has 0 atom stereocenters. The van der Waals surface area contributed by atoms with Crippen molar-refractivity contribution in [2.75, 3.05) is 18.5 Å². The zero-order chi connectivity index (χ0) is 20.3. The third kappa shape index (κ3) is 3.96. The summed E-state index contributed by atoms with van der Waals surface area (Å²) in [6.07, 6.45) is 3.71. The first kappa shape index (κ1) is 19.4. The molecule has 0 aliphatic carbocycles. The van der Waals surface area contributed by atoms with Crippen LogP contribution in [0.25, 0.3) is 11.0 Å². The van der Waals surface area contributed by atoms with Gasteiger partial charge in [-0.1, -0.05) is 0 Å². The lowest BCUT2D eigenvalue weighted by atomic mass is 10.2. The minimum absolute atomic E-state index is 0.0248. The van der Waals surface area contributed by atoms with E-state index >= 15 is 0 Å². The summed E-state index contributed by atoms with van der Waals surface area (Å²) < 4.78 is 7.35. The van der Waals surface area contributed by atoms with Crippen molar-refractivity contribution in [1.82, 2.24) is 19.5 Å². The Labute approximate surface area is 160 Å². The number of carbonyl (C=O) groups excluding carboxylic acids is 2. The van der Waals surface area contributed by atoms with Crippen LogP contribution in [0.4, 0.5) is 5.95 Å². The number of carbonyl (C=O) groups is 2. The molecule has 10 nitrogen and oxygen atoms in total. The Morgan fingerprint density at radius 2 is 2.18 bits per heavy atom. The van der Waals surface area contributed by atoms with Crippen LogP contribution < -0.4 is 15.8 Å². The van der Waals surface area contributed by atoms with Crippen molar-refractivity contribution in [3.8, 4) is 5.75 Å². The van der Waals surface area contributed by atoms with Gasteiger partial charge in [0.2, 0.25) is 11.9 Å². The van der Waals surface area contributed by atoms with Crippen LogP contribution >= 0.6 is 0 Å². The Bertz CT molecular complexity index is 1010. The minimum Gasteiger partial charge on any atom is -0.491 e. The van der Waals surface area contributed by atoms with Crippen molar-refractivity contribution in [1.29, 1.82) is 0 Å². The maximum Gasteiger partial charge on any atom is 0.293 e. The molecule has 3 aromatic rings. The number of nitrogens with zero attached hydrogens (tertiary/aromatic N) is 3. The molecule has 2 aromatic heterocycles. The lowest BCUT2D eigenvalue weighted by molar-refractivity contribution is 0.0994. The number of aromatic amines is 1. The van der Waals surface area contributed by atoms with E-state index in [9.17, 15) is 9.59 Å². The van der Waals surface area contributed by atoms with Gasteiger partial charge >= 0.3 is 0 Å². The van der Waals surface area contributed by atoms with Gasteiger partial charge < -0.3 is 25.1 Å². The first-order valence-electron chi connectivity index (χ1n) is 8.82. The Hall–Kier alpha value is -3.40. The van der Waals surface area contributed by atoms with Gasteiger partial charge in [-0.05, 0) is 26.0 Å². The number of amides is 2. The Morgan fingerprint density at radius 1 is 1.39 bits per heavy atom. The van der Waals surface area contributed by atoms with Crippen molar-refractivity contribution < 1.29 is 19.4 Å². The number of anilines is 1. The Morgan fingerprint density at radius 3 is 2.86 bits per heavy atom. The van der Waals surface area contributed by atoms with E-state index < -0.39 is 11.8 Å². The number of hydrogen-bond acceptors (Lipinski definition) is 6. The van der Waals surface area contributed by atoms with E-state index in [-0.39, 0.29) is 36.6 Å². The number of H-pyrrole nitrogens is 1. The fraction of sp³-hybridized carbons (Fsp3) is 0.333. The number of ether oxygens (including phenoxy) is 1. The number of primary amides is 1. The van der Waals surface area contributed by atoms with E-state index in [1.165, 1.54) is 12.1 Å². The summed E-state index contributed by atoms with van der Waals surface area (Å²) in [5, 5.41) is 11.6. The molecule has 2 heterocycles. The molecule has 148 valence electrons. The van der Waals surface area contributed by atoms with Crippen LogP contribution in [0.1, 0.15) is 47.3 Å². The molecule has 28 heavy (non-hydrogen) atoms. The Kier molecular flexibility index (Phi) is 5.59. The van der Waals surface area contributed by atoms with E-state index in [1.54, 1.807) is 17.0 Å². The van der Waals surface area contributed by atoms with E-state index in [0.29, 0.717) is 23.2 Å². The number of aliphatic hydroxyl groups is 1. The second-order valence-corrected chi connectivity index (χ2v) is 6.45. The van der Waals surface area contributed by atoms with Gasteiger partial charge in [0.15, 0.2) is 5.82 Å². The predicted molar refractivity (Wildman–Crippen MR) is 102 cm³/mol. The van der Waals surface area contributed by atoms with Gasteiger partial charge in [0, 0.05) is 37.0 Å². The first-order chi connectivity index (χ1) is 13.4. The maximum absolute atomic E-state index is 12.6. The number of hydrogen-bond donors (Lipinski definition) is 4. The first-order valence-corrected chi connectivity index (χ1v) is 8.82. The average Bonchev–Trinajstić information content (AvgIpc) is 3.28. The van der Waals surface area contributed by atoms with Gasteiger partial charge in [-0.25, -0.2) is 9.97 Å². The van der Waals surface area contributed by atoms with Gasteiger partial charge in [-0.2, -0.15) is 0 Å². The van der Waals surface area contributed by atoms with Crippen LogP contribution in [-0.2, 0) is 0 Å². The predicted octanol–water partition coefficient (Wildman–Crippen LogP) is 1.45. The van der Waals surface area contributed by atoms with Gasteiger partial charge in [-0.3, -0.25) is 14.9 Å². The molecule has 0 fully saturated rings. The summed E-state index contributed by atoms with van der Waals surface area (Å²) in [6.45, 7) is 4.11. The summed E-state index contributed by atoms with van der Waals surface area (Å²) in [5.41, 5.74) is 6.53. The molecule has 0 unspecified atom stereocenters. The largest absolute Gasteiger partial charge is 0.491 e. The standard InChI is InChI=1S/C18H22N6O4/c1-10(2)24-5-4-20-16(24)17(27)23-18-21-12-8-11(15(19)26)9-13(14(12)22-18)28-7-3-6-25/h4-5,8-10,25H,3,6-7H2,1-2H3,(H2,19,26)(H2,21,22,23,27). The second kappa shape index (κ2) is 8.09. The van der Waals surface area contributed by atoms with Crippen LogP contribution in [0.15, 0.2) is 24.5 Å². The summed E-state index contributed by atoms with van der Waals surface area (Å²) in [7, 11) is 0. The molecule has 0 spiro atoms. The van der Waals surface area contributed by atoms with Crippen molar-refractivity contribution in [3.05, 3.63) is 35.9 Å². The molecule has 2 amide bonds. The highest BCUT2D eigenvalue weighted by atomic mass is 16.5. The second-order valence-electron chi connectivity index (χ2n) is 6.45. The normalized spacial score (nSPS) is 11.1. The fourth-order valence-corrected chi connectivity index (χ4v) is 2.71. The van der Waals surface area contributed by atoms with Crippen molar-refractivity contribution in [2.45, 2.75) is 26.3 Å². The molecule has 0 aliphatic heterocycles. The minimum atomic E-state index is -0.618.